The van der Waals surface area contributed by atoms with Crippen LogP contribution in [0.2, 0.25) is 0 Å². The quantitative estimate of drug-likeness (QED) is 0.824. The average molecular weight is 366 g/mol. The third-order valence-corrected chi connectivity index (χ3v) is 5.24. The minimum atomic E-state index is -0.905. The van der Waals surface area contributed by atoms with Gasteiger partial charge in [0.05, 0.1) is 12.1 Å². The number of carboxylic acid groups (broad SMARTS) is 1. The zero-order chi connectivity index (χ0) is 19.2. The van der Waals surface area contributed by atoms with Gasteiger partial charge in [0.1, 0.15) is 0 Å². The fourth-order valence-corrected chi connectivity index (χ4v) is 3.63. The van der Waals surface area contributed by atoms with Crippen molar-refractivity contribution in [3.8, 4) is 0 Å². The molecule has 27 heavy (non-hydrogen) atoms. The van der Waals surface area contributed by atoms with Crippen LogP contribution in [-0.4, -0.2) is 41.5 Å². The number of benzene rings is 2. The highest BCUT2D eigenvalue weighted by molar-refractivity contribution is 5.87. The van der Waals surface area contributed by atoms with Crippen LogP contribution in [0.5, 0.6) is 0 Å². The lowest BCUT2D eigenvalue weighted by atomic mass is 9.90. The molecule has 1 aliphatic rings. The number of piperidine rings is 1. The van der Waals surface area contributed by atoms with E-state index >= 15 is 0 Å². The van der Waals surface area contributed by atoms with Crippen molar-refractivity contribution >= 4 is 11.9 Å². The largest absolute Gasteiger partial charge is 0.478 e. The van der Waals surface area contributed by atoms with E-state index in [9.17, 15) is 9.59 Å². The molecule has 1 saturated heterocycles. The van der Waals surface area contributed by atoms with Gasteiger partial charge in [-0.3, -0.25) is 9.69 Å². The van der Waals surface area contributed by atoms with E-state index in [1.165, 1.54) is 5.56 Å². The molecule has 0 saturated carbocycles. The summed E-state index contributed by atoms with van der Waals surface area (Å²) in [5.74, 6) is -0.525. The van der Waals surface area contributed by atoms with Crippen molar-refractivity contribution in [2.45, 2.75) is 32.2 Å². The van der Waals surface area contributed by atoms with E-state index in [1.54, 1.807) is 12.1 Å². The molecule has 1 heterocycles. The highest BCUT2D eigenvalue weighted by atomic mass is 16.4. The molecule has 142 valence electrons. The Labute approximate surface area is 160 Å². The lowest BCUT2D eigenvalue weighted by Gasteiger charge is -2.32. The van der Waals surface area contributed by atoms with E-state index < -0.39 is 5.97 Å². The van der Waals surface area contributed by atoms with Crippen LogP contribution >= 0.6 is 0 Å². The Morgan fingerprint density at radius 2 is 1.89 bits per heavy atom. The fourth-order valence-electron chi connectivity index (χ4n) is 3.63. The zero-order valence-corrected chi connectivity index (χ0v) is 15.6. The highest BCUT2D eigenvalue weighted by Gasteiger charge is 2.23. The molecule has 3 rings (SSSR count). The van der Waals surface area contributed by atoms with Crippen molar-refractivity contribution in [2.24, 2.45) is 0 Å². The van der Waals surface area contributed by atoms with Gasteiger partial charge in [-0.05, 0) is 61.1 Å². The van der Waals surface area contributed by atoms with Crippen LogP contribution in [0.1, 0.15) is 45.8 Å². The van der Waals surface area contributed by atoms with Crippen molar-refractivity contribution in [1.29, 1.82) is 0 Å². The van der Waals surface area contributed by atoms with Crippen LogP contribution in [0.3, 0.4) is 0 Å². The average Bonchev–Trinajstić information content (AvgIpc) is 2.67. The summed E-state index contributed by atoms with van der Waals surface area (Å²) in [5.41, 5.74) is 3.77. The third kappa shape index (κ3) is 5.17. The van der Waals surface area contributed by atoms with Crippen molar-refractivity contribution in [3.05, 3.63) is 70.8 Å². The Morgan fingerprint density at radius 1 is 1.15 bits per heavy atom. The second-order valence-electron chi connectivity index (χ2n) is 7.20. The summed E-state index contributed by atoms with van der Waals surface area (Å²) in [7, 11) is 0. The summed E-state index contributed by atoms with van der Waals surface area (Å²) in [6.07, 6.45) is 2.10. The van der Waals surface area contributed by atoms with Gasteiger partial charge in [0.2, 0.25) is 5.91 Å². The highest BCUT2D eigenvalue weighted by Crippen LogP contribution is 2.27. The number of carbonyl (C=O) groups excluding carboxylic acids is 1. The van der Waals surface area contributed by atoms with Crippen molar-refractivity contribution in [2.75, 3.05) is 19.6 Å². The van der Waals surface area contributed by atoms with Crippen LogP contribution < -0.4 is 5.32 Å². The summed E-state index contributed by atoms with van der Waals surface area (Å²) >= 11 is 0. The van der Waals surface area contributed by atoms with Crippen LogP contribution in [-0.2, 0) is 11.3 Å². The van der Waals surface area contributed by atoms with Crippen LogP contribution in [0, 0.1) is 6.92 Å². The van der Waals surface area contributed by atoms with E-state index in [2.05, 4.69) is 10.2 Å². The third-order valence-electron chi connectivity index (χ3n) is 5.24. The SMILES string of the molecule is Cc1ccccc1CNC(=O)CN1CCC[C@H](c2ccc(C(=O)O)cc2)C1. The maximum Gasteiger partial charge on any atom is 0.335 e. The Morgan fingerprint density at radius 3 is 2.59 bits per heavy atom. The van der Waals surface area contributed by atoms with Crippen LogP contribution in [0.4, 0.5) is 0 Å². The number of carbonyl (C=O) groups is 2. The molecule has 0 unspecified atom stereocenters. The standard InChI is InChI=1S/C22H26N2O3/c1-16-5-2-3-6-19(16)13-23-21(25)15-24-12-4-7-20(14-24)17-8-10-18(11-9-17)22(26)27/h2-3,5-6,8-11,20H,4,7,12-15H2,1H3,(H,23,25)(H,26,27)/t20-/m0/s1. The van der Waals surface area contributed by atoms with E-state index in [0.29, 0.717) is 24.6 Å². The van der Waals surface area contributed by atoms with Gasteiger partial charge in [-0.15, -0.1) is 0 Å². The van der Waals surface area contributed by atoms with Crippen molar-refractivity contribution in [3.63, 3.8) is 0 Å². The van der Waals surface area contributed by atoms with Crippen LogP contribution in [0.15, 0.2) is 48.5 Å². The molecule has 2 N–H and O–H groups in total. The number of amides is 1. The Hall–Kier alpha value is -2.66. The summed E-state index contributed by atoms with van der Waals surface area (Å²) in [4.78, 5) is 25.5. The first-order valence-electron chi connectivity index (χ1n) is 9.40. The maximum atomic E-state index is 12.3. The monoisotopic (exact) mass is 366 g/mol. The van der Waals surface area contributed by atoms with Gasteiger partial charge < -0.3 is 10.4 Å². The minimum absolute atomic E-state index is 0.0418. The minimum Gasteiger partial charge on any atom is -0.478 e. The molecule has 0 aliphatic carbocycles. The maximum absolute atomic E-state index is 12.3. The van der Waals surface area contributed by atoms with E-state index in [0.717, 1.165) is 37.1 Å². The lowest BCUT2D eigenvalue weighted by Crippen LogP contribution is -2.41. The van der Waals surface area contributed by atoms with Gasteiger partial charge in [-0.2, -0.15) is 0 Å². The molecule has 0 aromatic heterocycles. The summed E-state index contributed by atoms with van der Waals surface area (Å²) < 4.78 is 0. The summed E-state index contributed by atoms with van der Waals surface area (Å²) in [5, 5.41) is 12.0. The molecule has 2 aromatic rings. The summed E-state index contributed by atoms with van der Waals surface area (Å²) in [6, 6.07) is 15.2. The number of aromatic carboxylic acids is 1. The molecular formula is C22H26N2O3. The molecule has 0 spiro atoms. The number of hydrogen-bond acceptors (Lipinski definition) is 3. The number of nitrogens with zero attached hydrogens (tertiary/aromatic N) is 1. The molecule has 0 radical (unpaired) electrons. The van der Waals surface area contributed by atoms with E-state index in [4.69, 9.17) is 5.11 Å². The molecule has 2 aromatic carbocycles. The molecular weight excluding hydrogens is 340 g/mol. The smallest absolute Gasteiger partial charge is 0.335 e. The molecule has 5 heteroatoms. The van der Waals surface area contributed by atoms with Gasteiger partial charge in [0, 0.05) is 13.1 Å². The molecule has 5 nitrogen and oxygen atoms in total. The zero-order valence-electron chi connectivity index (χ0n) is 15.6. The number of carboxylic acids is 1. The van der Waals surface area contributed by atoms with Gasteiger partial charge in [-0.1, -0.05) is 36.4 Å². The second kappa shape index (κ2) is 8.82. The Kier molecular flexibility index (Phi) is 6.24. The number of aryl methyl sites for hydroxylation is 1. The van der Waals surface area contributed by atoms with Gasteiger partial charge in [0.15, 0.2) is 0 Å². The van der Waals surface area contributed by atoms with Crippen molar-refractivity contribution in [1.82, 2.24) is 10.2 Å². The number of hydrogen-bond donors (Lipinski definition) is 2. The second-order valence-corrected chi connectivity index (χ2v) is 7.20. The van der Waals surface area contributed by atoms with E-state index in [1.807, 2.05) is 43.3 Å². The summed E-state index contributed by atoms with van der Waals surface area (Å²) in [6.45, 7) is 4.74. The molecule has 1 atom stereocenters. The number of nitrogens with one attached hydrogen (secondary N) is 1. The van der Waals surface area contributed by atoms with Gasteiger partial charge in [0.25, 0.3) is 0 Å². The van der Waals surface area contributed by atoms with Gasteiger partial charge in [-0.25, -0.2) is 4.79 Å². The predicted octanol–water partition coefficient (Wildman–Crippen LogP) is 3.19. The van der Waals surface area contributed by atoms with Crippen molar-refractivity contribution < 1.29 is 14.7 Å². The molecule has 1 aliphatic heterocycles. The predicted molar refractivity (Wildman–Crippen MR) is 105 cm³/mol. The molecule has 0 bridgehead atoms. The first-order chi connectivity index (χ1) is 13.0. The lowest BCUT2D eigenvalue weighted by molar-refractivity contribution is -0.122. The van der Waals surface area contributed by atoms with E-state index in [-0.39, 0.29) is 5.91 Å². The fraction of sp³-hybridized carbons (Fsp3) is 0.364. The van der Waals surface area contributed by atoms with Gasteiger partial charge >= 0.3 is 5.97 Å². The molecule has 1 fully saturated rings. The first kappa shape index (κ1) is 19.1. The number of rotatable bonds is 6. The topological polar surface area (TPSA) is 69.6 Å². The Balaban J connectivity index is 1.52. The Bertz CT molecular complexity index is 801. The van der Waals surface area contributed by atoms with Crippen LogP contribution in [0.25, 0.3) is 0 Å². The first-order valence-corrected chi connectivity index (χ1v) is 9.40. The normalized spacial score (nSPS) is 17.4. The molecule has 1 amide bonds. The number of likely N-dealkylation sites (tertiary alicyclic amines) is 1.